The Balaban J connectivity index is 1.30. The Kier molecular flexibility index (Phi) is 7.24. The highest BCUT2D eigenvalue weighted by atomic mass is 16.5. The second kappa shape index (κ2) is 10.5. The van der Waals surface area contributed by atoms with E-state index in [0.29, 0.717) is 31.7 Å². The van der Waals surface area contributed by atoms with E-state index in [1.807, 2.05) is 42.5 Å². The second-order valence-corrected chi connectivity index (χ2v) is 8.47. The molecule has 0 saturated carbocycles. The molecule has 8 nitrogen and oxygen atoms in total. The van der Waals surface area contributed by atoms with Gasteiger partial charge < -0.3 is 20.7 Å². The summed E-state index contributed by atoms with van der Waals surface area (Å²) in [4.78, 5) is 38.0. The van der Waals surface area contributed by atoms with Gasteiger partial charge in [-0.2, -0.15) is 0 Å². The molecule has 2 aliphatic rings. The van der Waals surface area contributed by atoms with Gasteiger partial charge in [-0.25, -0.2) is 0 Å². The summed E-state index contributed by atoms with van der Waals surface area (Å²) in [5.41, 5.74) is 9.05. The van der Waals surface area contributed by atoms with Crippen molar-refractivity contribution in [2.45, 2.75) is 51.2 Å². The van der Waals surface area contributed by atoms with Crippen LogP contribution in [-0.2, 0) is 22.7 Å². The number of nitrogens with zero attached hydrogens (tertiary/aromatic N) is 1. The third-order valence-electron chi connectivity index (χ3n) is 6.06. The molecule has 33 heavy (non-hydrogen) atoms. The van der Waals surface area contributed by atoms with Crippen molar-refractivity contribution in [1.82, 2.24) is 10.2 Å². The smallest absolute Gasteiger partial charge is 0.255 e. The number of fused-ring (bicyclic) bond motifs is 1. The lowest BCUT2D eigenvalue weighted by Gasteiger charge is -2.29. The topological polar surface area (TPSA) is 114 Å². The molecule has 2 aromatic carbocycles. The van der Waals surface area contributed by atoms with Crippen molar-refractivity contribution in [2.24, 2.45) is 5.73 Å². The van der Waals surface area contributed by atoms with Crippen LogP contribution in [0.15, 0.2) is 42.5 Å². The fourth-order valence-corrected chi connectivity index (χ4v) is 4.22. The number of carbonyl (C=O) groups excluding carboxylic acids is 3. The standard InChI is InChI=1S/C25H30N4O4/c26-12-2-1-3-13-33-20-7-5-19(6-8-20)27-15-17-4-9-21-18(14-17)16-29(25(21)32)22-10-11-23(30)28-24(22)31/h4-9,14,22,27H,1-3,10-13,15-16,26H2,(H,28,30,31). The maximum Gasteiger partial charge on any atom is 0.255 e. The molecule has 0 aliphatic carbocycles. The molecule has 2 aliphatic heterocycles. The zero-order valence-electron chi connectivity index (χ0n) is 18.6. The molecule has 1 atom stereocenters. The van der Waals surface area contributed by atoms with Crippen molar-refractivity contribution in [3.63, 3.8) is 0 Å². The van der Waals surface area contributed by atoms with Crippen LogP contribution in [0.1, 0.15) is 53.6 Å². The first-order valence-corrected chi connectivity index (χ1v) is 11.5. The zero-order valence-corrected chi connectivity index (χ0v) is 18.6. The van der Waals surface area contributed by atoms with Crippen molar-refractivity contribution in [1.29, 1.82) is 0 Å². The lowest BCUT2D eigenvalue weighted by atomic mass is 10.0. The maximum absolute atomic E-state index is 12.8. The van der Waals surface area contributed by atoms with Crippen LogP contribution in [0, 0.1) is 0 Å². The third kappa shape index (κ3) is 5.51. The van der Waals surface area contributed by atoms with Crippen molar-refractivity contribution in [3.05, 3.63) is 59.2 Å². The van der Waals surface area contributed by atoms with Gasteiger partial charge >= 0.3 is 0 Å². The van der Waals surface area contributed by atoms with Crippen molar-refractivity contribution in [2.75, 3.05) is 18.5 Å². The molecule has 1 unspecified atom stereocenters. The quantitative estimate of drug-likeness (QED) is 0.379. The molecule has 1 saturated heterocycles. The van der Waals surface area contributed by atoms with E-state index in [9.17, 15) is 14.4 Å². The van der Waals surface area contributed by atoms with Gasteiger partial charge in [0.05, 0.1) is 6.61 Å². The third-order valence-corrected chi connectivity index (χ3v) is 6.06. The van der Waals surface area contributed by atoms with Crippen molar-refractivity contribution >= 4 is 23.4 Å². The van der Waals surface area contributed by atoms with E-state index in [1.54, 1.807) is 4.90 Å². The molecule has 0 aromatic heterocycles. The molecule has 4 N–H and O–H groups in total. The van der Waals surface area contributed by atoms with Crippen LogP contribution < -0.4 is 21.1 Å². The molecule has 0 radical (unpaired) electrons. The Morgan fingerprint density at radius 1 is 1.06 bits per heavy atom. The fraction of sp³-hybridized carbons (Fsp3) is 0.400. The number of ether oxygens (including phenoxy) is 1. The van der Waals surface area contributed by atoms with Crippen LogP contribution in [0.3, 0.4) is 0 Å². The Labute approximate surface area is 193 Å². The minimum atomic E-state index is -0.592. The monoisotopic (exact) mass is 450 g/mol. The Morgan fingerprint density at radius 2 is 1.88 bits per heavy atom. The van der Waals surface area contributed by atoms with Crippen molar-refractivity contribution < 1.29 is 19.1 Å². The van der Waals surface area contributed by atoms with Crippen LogP contribution >= 0.6 is 0 Å². The van der Waals surface area contributed by atoms with E-state index in [-0.39, 0.29) is 18.2 Å². The molecule has 2 heterocycles. The number of hydrogen-bond acceptors (Lipinski definition) is 6. The van der Waals surface area contributed by atoms with Gasteiger partial charge in [-0.05, 0) is 73.7 Å². The number of anilines is 1. The number of nitrogens with one attached hydrogen (secondary N) is 2. The van der Waals surface area contributed by atoms with Gasteiger partial charge in [0.1, 0.15) is 11.8 Å². The van der Waals surface area contributed by atoms with Gasteiger partial charge in [-0.1, -0.05) is 12.1 Å². The van der Waals surface area contributed by atoms with E-state index < -0.39 is 11.9 Å². The van der Waals surface area contributed by atoms with E-state index >= 15 is 0 Å². The first-order chi connectivity index (χ1) is 16.0. The highest BCUT2D eigenvalue weighted by Gasteiger charge is 2.38. The summed E-state index contributed by atoms with van der Waals surface area (Å²) in [5.74, 6) is 0.0173. The number of rotatable bonds is 10. The lowest BCUT2D eigenvalue weighted by Crippen LogP contribution is -2.52. The van der Waals surface area contributed by atoms with Gasteiger partial charge in [0.2, 0.25) is 11.8 Å². The normalized spacial score (nSPS) is 17.7. The van der Waals surface area contributed by atoms with Crippen LogP contribution in [0.2, 0.25) is 0 Å². The van der Waals surface area contributed by atoms with Crippen LogP contribution in [-0.4, -0.2) is 41.8 Å². The van der Waals surface area contributed by atoms with E-state index in [2.05, 4.69) is 10.6 Å². The largest absolute Gasteiger partial charge is 0.494 e. The Morgan fingerprint density at radius 3 is 2.64 bits per heavy atom. The molecule has 3 amide bonds. The number of imide groups is 1. The summed E-state index contributed by atoms with van der Waals surface area (Å²) in [6.07, 6.45) is 3.72. The summed E-state index contributed by atoms with van der Waals surface area (Å²) in [7, 11) is 0. The predicted molar refractivity (Wildman–Crippen MR) is 125 cm³/mol. The molecule has 0 bridgehead atoms. The average Bonchev–Trinajstić information content (AvgIpc) is 3.14. The first kappa shape index (κ1) is 22.8. The number of amides is 3. The van der Waals surface area contributed by atoms with E-state index in [4.69, 9.17) is 10.5 Å². The maximum atomic E-state index is 12.8. The van der Waals surface area contributed by atoms with Crippen LogP contribution in [0.25, 0.3) is 0 Å². The summed E-state index contributed by atoms with van der Waals surface area (Å²) in [5, 5.41) is 5.72. The highest BCUT2D eigenvalue weighted by Crippen LogP contribution is 2.28. The number of hydrogen-bond donors (Lipinski definition) is 3. The van der Waals surface area contributed by atoms with Gasteiger partial charge in [0, 0.05) is 30.8 Å². The van der Waals surface area contributed by atoms with E-state index in [0.717, 1.165) is 48.4 Å². The van der Waals surface area contributed by atoms with Gasteiger partial charge in [-0.3, -0.25) is 19.7 Å². The molecule has 0 spiro atoms. The summed E-state index contributed by atoms with van der Waals surface area (Å²) in [6, 6.07) is 13.0. The SMILES string of the molecule is NCCCCCOc1ccc(NCc2ccc3c(c2)CN(C2CCC(=O)NC2=O)C3=O)cc1. The molecular weight excluding hydrogens is 420 g/mol. The van der Waals surface area contributed by atoms with Gasteiger partial charge in [0.15, 0.2) is 0 Å². The number of carbonyl (C=O) groups is 3. The number of benzene rings is 2. The molecular formula is C25H30N4O4. The minimum Gasteiger partial charge on any atom is -0.494 e. The molecule has 1 fully saturated rings. The number of nitrogens with two attached hydrogens (primary N) is 1. The molecule has 8 heteroatoms. The Hall–Kier alpha value is -3.39. The van der Waals surface area contributed by atoms with Gasteiger partial charge in [0.25, 0.3) is 5.91 Å². The summed E-state index contributed by atoms with van der Waals surface area (Å²) >= 11 is 0. The summed E-state index contributed by atoms with van der Waals surface area (Å²) in [6.45, 7) is 2.40. The Bertz CT molecular complexity index is 1020. The van der Waals surface area contributed by atoms with Crippen LogP contribution in [0.4, 0.5) is 5.69 Å². The molecule has 174 valence electrons. The second-order valence-electron chi connectivity index (χ2n) is 8.47. The molecule has 2 aromatic rings. The van der Waals surface area contributed by atoms with Crippen molar-refractivity contribution in [3.8, 4) is 5.75 Å². The number of piperidine rings is 1. The van der Waals surface area contributed by atoms with Crippen LogP contribution in [0.5, 0.6) is 5.75 Å². The predicted octanol–water partition coefficient (Wildman–Crippen LogP) is 2.57. The summed E-state index contributed by atoms with van der Waals surface area (Å²) < 4.78 is 5.75. The van der Waals surface area contributed by atoms with E-state index in [1.165, 1.54) is 0 Å². The average molecular weight is 451 g/mol. The number of unbranched alkanes of at least 4 members (excludes halogenated alkanes) is 2. The lowest BCUT2D eigenvalue weighted by molar-refractivity contribution is -0.136. The molecule has 4 rings (SSSR count). The minimum absolute atomic E-state index is 0.155. The zero-order chi connectivity index (χ0) is 23.2. The fourth-order valence-electron chi connectivity index (χ4n) is 4.22. The highest BCUT2D eigenvalue weighted by molar-refractivity contribution is 6.05. The first-order valence-electron chi connectivity index (χ1n) is 11.5. The van der Waals surface area contributed by atoms with Gasteiger partial charge in [-0.15, -0.1) is 0 Å².